The first-order valence-electron chi connectivity index (χ1n) is 6.99. The van der Waals surface area contributed by atoms with Crippen LogP contribution in [0, 0.1) is 5.92 Å². The van der Waals surface area contributed by atoms with E-state index in [0.29, 0.717) is 12.5 Å². The molecule has 0 spiro atoms. The second kappa shape index (κ2) is 8.48. The minimum absolute atomic E-state index is 0.00343. The zero-order valence-electron chi connectivity index (χ0n) is 12.5. The Morgan fingerprint density at radius 1 is 1.33 bits per heavy atom. The van der Waals surface area contributed by atoms with E-state index in [-0.39, 0.29) is 18.5 Å². The average molecular weight is 258 g/mol. The molecule has 0 heterocycles. The summed E-state index contributed by atoms with van der Waals surface area (Å²) >= 11 is 0. The van der Waals surface area contributed by atoms with Crippen LogP contribution in [0.15, 0.2) is 0 Å². The van der Waals surface area contributed by atoms with E-state index < -0.39 is 5.60 Å². The fraction of sp³-hybridized carbons (Fsp3) is 0.929. The lowest BCUT2D eigenvalue weighted by molar-refractivity contribution is -0.121. The van der Waals surface area contributed by atoms with E-state index in [0.717, 1.165) is 19.3 Å². The van der Waals surface area contributed by atoms with Gasteiger partial charge in [0.05, 0.1) is 12.1 Å². The third-order valence-corrected chi connectivity index (χ3v) is 2.77. The fourth-order valence-corrected chi connectivity index (χ4v) is 2.23. The second-order valence-electron chi connectivity index (χ2n) is 5.96. The summed E-state index contributed by atoms with van der Waals surface area (Å²) in [6.07, 6.45) is 2.79. The number of hydrogen-bond acceptors (Lipinski definition) is 3. The van der Waals surface area contributed by atoms with Gasteiger partial charge in [0.1, 0.15) is 0 Å². The molecule has 0 saturated heterocycles. The summed E-state index contributed by atoms with van der Waals surface area (Å²) < 4.78 is 0. The highest BCUT2D eigenvalue weighted by Gasteiger charge is 2.21. The standard InChI is InChI=1S/C14H30N2O2/c1-6-7-12(4)16-13(17)9-15-10-14(5,18)8-11(2)3/h11-12,15,18H,6-10H2,1-5H3,(H,16,17). The van der Waals surface area contributed by atoms with Gasteiger partial charge in [-0.1, -0.05) is 27.2 Å². The summed E-state index contributed by atoms with van der Waals surface area (Å²) in [6.45, 7) is 10.8. The molecule has 18 heavy (non-hydrogen) atoms. The van der Waals surface area contributed by atoms with Crippen molar-refractivity contribution in [1.82, 2.24) is 10.6 Å². The average Bonchev–Trinajstić information content (AvgIpc) is 2.14. The van der Waals surface area contributed by atoms with Crippen molar-refractivity contribution in [2.24, 2.45) is 5.92 Å². The minimum atomic E-state index is -0.747. The number of nitrogens with one attached hydrogen (secondary N) is 2. The van der Waals surface area contributed by atoms with Crippen molar-refractivity contribution in [3.8, 4) is 0 Å². The Hall–Kier alpha value is -0.610. The van der Waals surface area contributed by atoms with Crippen LogP contribution in [0.4, 0.5) is 0 Å². The number of carbonyl (C=O) groups is 1. The highest BCUT2D eigenvalue weighted by atomic mass is 16.3. The van der Waals surface area contributed by atoms with Gasteiger partial charge < -0.3 is 15.7 Å². The van der Waals surface area contributed by atoms with Gasteiger partial charge in [0, 0.05) is 12.6 Å². The van der Waals surface area contributed by atoms with Gasteiger partial charge in [-0.2, -0.15) is 0 Å². The summed E-state index contributed by atoms with van der Waals surface area (Å²) in [7, 11) is 0. The maximum atomic E-state index is 11.6. The fourth-order valence-electron chi connectivity index (χ4n) is 2.23. The molecule has 4 heteroatoms. The van der Waals surface area contributed by atoms with Crippen molar-refractivity contribution in [3.05, 3.63) is 0 Å². The molecule has 3 N–H and O–H groups in total. The van der Waals surface area contributed by atoms with E-state index >= 15 is 0 Å². The van der Waals surface area contributed by atoms with Crippen molar-refractivity contribution in [1.29, 1.82) is 0 Å². The van der Waals surface area contributed by atoms with Crippen LogP contribution in [-0.4, -0.2) is 35.7 Å². The number of aliphatic hydroxyl groups is 1. The Morgan fingerprint density at radius 2 is 1.94 bits per heavy atom. The van der Waals surface area contributed by atoms with Crippen molar-refractivity contribution in [3.63, 3.8) is 0 Å². The molecule has 0 aliphatic heterocycles. The van der Waals surface area contributed by atoms with E-state index in [9.17, 15) is 9.90 Å². The molecule has 108 valence electrons. The Balaban J connectivity index is 3.80. The van der Waals surface area contributed by atoms with Gasteiger partial charge in [0.15, 0.2) is 0 Å². The maximum absolute atomic E-state index is 11.6. The summed E-state index contributed by atoms with van der Waals surface area (Å²) in [5, 5.41) is 16.0. The van der Waals surface area contributed by atoms with E-state index in [1.54, 1.807) is 6.92 Å². The lowest BCUT2D eigenvalue weighted by atomic mass is 9.94. The van der Waals surface area contributed by atoms with Gasteiger partial charge in [-0.05, 0) is 32.6 Å². The minimum Gasteiger partial charge on any atom is -0.389 e. The third-order valence-electron chi connectivity index (χ3n) is 2.77. The highest BCUT2D eigenvalue weighted by Crippen LogP contribution is 2.14. The van der Waals surface area contributed by atoms with E-state index in [1.165, 1.54) is 0 Å². The molecule has 0 saturated carbocycles. The van der Waals surface area contributed by atoms with E-state index in [4.69, 9.17) is 0 Å². The van der Waals surface area contributed by atoms with Gasteiger partial charge >= 0.3 is 0 Å². The molecule has 0 radical (unpaired) electrons. The molecule has 0 aromatic carbocycles. The summed E-state index contributed by atoms with van der Waals surface area (Å²) in [4.78, 5) is 11.6. The van der Waals surface area contributed by atoms with Gasteiger partial charge in [0.25, 0.3) is 0 Å². The molecular weight excluding hydrogens is 228 g/mol. The largest absolute Gasteiger partial charge is 0.389 e. The monoisotopic (exact) mass is 258 g/mol. The number of hydrogen-bond donors (Lipinski definition) is 3. The van der Waals surface area contributed by atoms with Crippen molar-refractivity contribution in [2.75, 3.05) is 13.1 Å². The number of amides is 1. The first kappa shape index (κ1) is 17.4. The molecule has 0 aliphatic rings. The van der Waals surface area contributed by atoms with Crippen molar-refractivity contribution in [2.45, 2.75) is 65.5 Å². The van der Waals surface area contributed by atoms with E-state index in [2.05, 4.69) is 31.4 Å². The molecule has 0 bridgehead atoms. The molecule has 2 unspecified atom stereocenters. The quantitative estimate of drug-likeness (QED) is 0.589. The molecule has 4 nitrogen and oxygen atoms in total. The Bertz CT molecular complexity index is 240. The van der Waals surface area contributed by atoms with Crippen LogP contribution in [-0.2, 0) is 4.79 Å². The molecule has 0 aromatic rings. The zero-order valence-corrected chi connectivity index (χ0v) is 12.5. The molecule has 2 atom stereocenters. The van der Waals surface area contributed by atoms with Gasteiger partial charge in [-0.25, -0.2) is 0 Å². The smallest absolute Gasteiger partial charge is 0.234 e. The number of rotatable bonds is 9. The van der Waals surface area contributed by atoms with Crippen LogP contribution in [0.3, 0.4) is 0 Å². The van der Waals surface area contributed by atoms with Crippen molar-refractivity contribution >= 4 is 5.91 Å². The first-order chi connectivity index (χ1) is 8.26. The molecule has 0 aromatic heterocycles. The van der Waals surface area contributed by atoms with Crippen LogP contribution >= 0.6 is 0 Å². The lowest BCUT2D eigenvalue weighted by Gasteiger charge is -2.25. The lowest BCUT2D eigenvalue weighted by Crippen LogP contribution is -2.44. The van der Waals surface area contributed by atoms with Gasteiger partial charge in [-0.15, -0.1) is 0 Å². The normalized spacial score (nSPS) is 16.4. The first-order valence-corrected chi connectivity index (χ1v) is 6.99. The van der Waals surface area contributed by atoms with Crippen molar-refractivity contribution < 1.29 is 9.90 Å². The highest BCUT2D eigenvalue weighted by molar-refractivity contribution is 5.78. The molecular formula is C14H30N2O2. The predicted octanol–water partition coefficient (Wildman–Crippen LogP) is 1.68. The van der Waals surface area contributed by atoms with Gasteiger partial charge in [-0.3, -0.25) is 4.79 Å². The van der Waals surface area contributed by atoms with E-state index in [1.807, 2.05) is 6.92 Å². The maximum Gasteiger partial charge on any atom is 0.234 e. The topological polar surface area (TPSA) is 61.4 Å². The summed E-state index contributed by atoms with van der Waals surface area (Å²) in [5.41, 5.74) is -0.747. The second-order valence-corrected chi connectivity index (χ2v) is 5.96. The molecule has 1 amide bonds. The molecule has 0 rings (SSSR count). The Labute approximate surface area is 112 Å². The summed E-state index contributed by atoms with van der Waals surface area (Å²) in [5.74, 6) is 0.441. The number of carbonyl (C=O) groups excluding carboxylic acids is 1. The predicted molar refractivity (Wildman–Crippen MR) is 75.5 cm³/mol. The van der Waals surface area contributed by atoms with Crippen LogP contribution in [0.25, 0.3) is 0 Å². The van der Waals surface area contributed by atoms with Gasteiger partial charge in [0.2, 0.25) is 5.91 Å². The summed E-state index contributed by atoms with van der Waals surface area (Å²) in [6, 6.07) is 0.223. The van der Waals surface area contributed by atoms with Crippen LogP contribution in [0.5, 0.6) is 0 Å². The van der Waals surface area contributed by atoms with Crippen LogP contribution in [0.1, 0.15) is 53.9 Å². The Morgan fingerprint density at radius 3 is 2.44 bits per heavy atom. The molecule has 0 fully saturated rings. The third kappa shape index (κ3) is 9.42. The van der Waals surface area contributed by atoms with Crippen LogP contribution < -0.4 is 10.6 Å². The SMILES string of the molecule is CCCC(C)NC(=O)CNCC(C)(O)CC(C)C. The Kier molecular flexibility index (Phi) is 8.20. The van der Waals surface area contributed by atoms with Crippen LogP contribution in [0.2, 0.25) is 0 Å². The zero-order chi connectivity index (χ0) is 14.2. The molecule has 0 aliphatic carbocycles.